The number of hydrogen-bond donors (Lipinski definition) is 2. The summed E-state index contributed by atoms with van der Waals surface area (Å²) in [5, 5.41) is 7.65. The average molecular weight is 318 g/mol. The van der Waals surface area contributed by atoms with Crippen LogP contribution in [0.15, 0.2) is 23.1 Å². The van der Waals surface area contributed by atoms with Gasteiger partial charge in [0.1, 0.15) is 11.9 Å². The summed E-state index contributed by atoms with van der Waals surface area (Å²) in [5.41, 5.74) is 0.0125. The first-order chi connectivity index (χ1) is 9.65. The lowest BCUT2D eigenvalue weighted by atomic mass is 10.0. The Labute approximate surface area is 123 Å². The normalized spacial score (nSPS) is 13.0. The zero-order valence-corrected chi connectivity index (χ0v) is 12.9. The van der Waals surface area contributed by atoms with Crippen molar-refractivity contribution in [2.45, 2.75) is 31.2 Å². The van der Waals surface area contributed by atoms with Gasteiger partial charge in [-0.05, 0) is 30.5 Å². The van der Waals surface area contributed by atoms with E-state index >= 15 is 0 Å². The minimum Gasteiger partial charge on any atom is -0.467 e. The highest BCUT2D eigenvalue weighted by Gasteiger charge is 2.22. The van der Waals surface area contributed by atoms with E-state index in [1.165, 1.54) is 19.2 Å². The second-order valence-electron chi connectivity index (χ2n) is 5.04. The molecule has 0 bridgehead atoms. The van der Waals surface area contributed by atoms with Gasteiger partial charge in [-0.15, -0.1) is 0 Å². The van der Waals surface area contributed by atoms with Gasteiger partial charge in [0.25, 0.3) is 0 Å². The van der Waals surface area contributed by atoms with E-state index in [0.717, 1.165) is 6.07 Å². The predicted molar refractivity (Wildman–Crippen MR) is 76.7 cm³/mol. The minimum atomic E-state index is -3.97. The summed E-state index contributed by atoms with van der Waals surface area (Å²) in [6.45, 7) is 3.83. The van der Waals surface area contributed by atoms with Crippen molar-refractivity contribution in [3.05, 3.63) is 24.0 Å². The fraction of sp³-hybridized carbons (Fsp3) is 0.462. The van der Waals surface area contributed by atoms with Crippen LogP contribution in [0, 0.1) is 11.7 Å². The second-order valence-corrected chi connectivity index (χ2v) is 6.60. The molecule has 0 aromatic heterocycles. The molecule has 118 valence electrons. The molecule has 0 aliphatic rings. The number of benzene rings is 1. The van der Waals surface area contributed by atoms with E-state index in [9.17, 15) is 17.6 Å². The third kappa shape index (κ3) is 4.98. The quantitative estimate of drug-likeness (QED) is 0.774. The number of hydrogen-bond acceptors (Lipinski definition) is 5. The van der Waals surface area contributed by atoms with E-state index in [0.29, 0.717) is 6.42 Å². The first-order valence-electron chi connectivity index (χ1n) is 6.32. The molecule has 0 saturated heterocycles. The van der Waals surface area contributed by atoms with E-state index in [-0.39, 0.29) is 16.5 Å². The molecule has 1 aromatic rings. The zero-order valence-electron chi connectivity index (χ0n) is 12.1. The van der Waals surface area contributed by atoms with Crippen LogP contribution in [0.5, 0.6) is 0 Å². The van der Waals surface area contributed by atoms with E-state index in [1.807, 2.05) is 13.8 Å². The molecule has 0 fully saturated rings. The first-order valence-corrected chi connectivity index (χ1v) is 7.86. The number of carbonyl (C=O) groups excluding carboxylic acids is 1. The number of carbonyl (C=O) groups is 1. The highest BCUT2D eigenvalue weighted by Crippen LogP contribution is 2.21. The highest BCUT2D eigenvalue weighted by atomic mass is 32.2. The molecular formula is C13H19FN2O4S. The lowest BCUT2D eigenvalue weighted by molar-refractivity contribution is -0.141. The van der Waals surface area contributed by atoms with Crippen molar-refractivity contribution in [2.75, 3.05) is 12.4 Å². The Morgan fingerprint density at radius 1 is 1.43 bits per heavy atom. The summed E-state index contributed by atoms with van der Waals surface area (Å²) in [5.74, 6) is -1.13. The molecule has 1 atom stereocenters. The largest absolute Gasteiger partial charge is 0.467 e. The third-order valence-electron chi connectivity index (χ3n) is 2.79. The molecule has 0 aliphatic heterocycles. The van der Waals surface area contributed by atoms with Crippen LogP contribution in [0.2, 0.25) is 0 Å². The Bertz CT molecular complexity index is 617. The van der Waals surface area contributed by atoms with E-state index < -0.39 is 27.9 Å². The molecule has 6 nitrogen and oxygen atoms in total. The standard InChI is InChI=1S/C13H19FN2O4S/c1-8(2)6-12(13(17)20-3)16-11-5-4-9(7-10(11)14)21(15,18)19/h4-5,7-8,12,16H,6H2,1-3H3,(H2,15,18,19). The summed E-state index contributed by atoms with van der Waals surface area (Å²) < 4.78 is 40.8. The Morgan fingerprint density at radius 3 is 2.48 bits per heavy atom. The number of esters is 1. The van der Waals surface area contributed by atoms with Crippen LogP contribution in [-0.2, 0) is 19.6 Å². The molecule has 21 heavy (non-hydrogen) atoms. The summed E-state index contributed by atoms with van der Waals surface area (Å²) in [6.07, 6.45) is 0.447. The van der Waals surface area contributed by atoms with Crippen LogP contribution in [0.3, 0.4) is 0 Å². The maximum Gasteiger partial charge on any atom is 0.328 e. The highest BCUT2D eigenvalue weighted by molar-refractivity contribution is 7.89. The molecule has 0 heterocycles. The minimum absolute atomic E-state index is 0.0125. The van der Waals surface area contributed by atoms with Gasteiger partial charge in [-0.2, -0.15) is 0 Å². The molecule has 0 aliphatic carbocycles. The van der Waals surface area contributed by atoms with Gasteiger partial charge in [0.2, 0.25) is 10.0 Å². The number of sulfonamides is 1. The molecule has 0 radical (unpaired) electrons. The summed E-state index contributed by atoms with van der Waals surface area (Å²) in [4.78, 5) is 11.3. The second kappa shape index (κ2) is 6.86. The molecule has 0 saturated carbocycles. The summed E-state index contributed by atoms with van der Waals surface area (Å²) >= 11 is 0. The molecule has 8 heteroatoms. The van der Waals surface area contributed by atoms with Crippen molar-refractivity contribution >= 4 is 21.7 Å². The van der Waals surface area contributed by atoms with E-state index in [1.54, 1.807) is 0 Å². The number of primary sulfonamides is 1. The summed E-state index contributed by atoms with van der Waals surface area (Å²) in [6, 6.07) is 2.49. The fourth-order valence-electron chi connectivity index (χ4n) is 1.81. The van der Waals surface area contributed by atoms with Gasteiger partial charge in [-0.1, -0.05) is 13.8 Å². The number of nitrogens with two attached hydrogens (primary N) is 1. The molecule has 3 N–H and O–H groups in total. The fourth-order valence-corrected chi connectivity index (χ4v) is 2.33. The monoisotopic (exact) mass is 318 g/mol. The van der Waals surface area contributed by atoms with Crippen molar-refractivity contribution < 1.29 is 22.3 Å². The molecule has 1 rings (SSSR count). The molecular weight excluding hydrogens is 299 g/mol. The van der Waals surface area contributed by atoms with Gasteiger partial charge in [0, 0.05) is 0 Å². The number of halogens is 1. The van der Waals surface area contributed by atoms with E-state index in [2.05, 4.69) is 10.1 Å². The lowest BCUT2D eigenvalue weighted by Gasteiger charge is -2.20. The lowest BCUT2D eigenvalue weighted by Crippen LogP contribution is -2.32. The maximum absolute atomic E-state index is 13.9. The van der Waals surface area contributed by atoms with Crippen molar-refractivity contribution in [1.82, 2.24) is 0 Å². The number of nitrogens with one attached hydrogen (secondary N) is 1. The number of methoxy groups -OCH3 is 1. The van der Waals surface area contributed by atoms with Crippen LogP contribution in [-0.4, -0.2) is 27.5 Å². The third-order valence-corrected chi connectivity index (χ3v) is 3.70. The van der Waals surface area contributed by atoms with Gasteiger partial charge in [-0.25, -0.2) is 22.7 Å². The van der Waals surface area contributed by atoms with Crippen molar-refractivity contribution in [3.8, 4) is 0 Å². The van der Waals surface area contributed by atoms with E-state index in [4.69, 9.17) is 5.14 Å². The topological polar surface area (TPSA) is 98.5 Å². The van der Waals surface area contributed by atoms with Crippen LogP contribution in [0.4, 0.5) is 10.1 Å². The van der Waals surface area contributed by atoms with Crippen molar-refractivity contribution in [2.24, 2.45) is 11.1 Å². The van der Waals surface area contributed by atoms with Crippen LogP contribution in [0.1, 0.15) is 20.3 Å². The number of ether oxygens (including phenoxy) is 1. The average Bonchev–Trinajstić information content (AvgIpc) is 2.37. The van der Waals surface area contributed by atoms with Crippen LogP contribution >= 0.6 is 0 Å². The van der Waals surface area contributed by atoms with Gasteiger partial charge in [0.15, 0.2) is 0 Å². The summed E-state index contributed by atoms with van der Waals surface area (Å²) in [7, 11) is -2.72. The number of anilines is 1. The molecule has 1 unspecified atom stereocenters. The predicted octanol–water partition coefficient (Wildman–Crippen LogP) is 1.47. The van der Waals surface area contributed by atoms with Gasteiger partial charge >= 0.3 is 5.97 Å². The van der Waals surface area contributed by atoms with Gasteiger partial charge < -0.3 is 10.1 Å². The zero-order chi connectivity index (χ0) is 16.2. The maximum atomic E-state index is 13.9. The van der Waals surface area contributed by atoms with Gasteiger partial charge in [0.05, 0.1) is 17.7 Å². The smallest absolute Gasteiger partial charge is 0.328 e. The first kappa shape index (κ1) is 17.4. The van der Waals surface area contributed by atoms with Crippen LogP contribution < -0.4 is 10.5 Å². The van der Waals surface area contributed by atoms with Gasteiger partial charge in [-0.3, -0.25) is 0 Å². The Balaban J connectivity index is 3.02. The van der Waals surface area contributed by atoms with Crippen LogP contribution in [0.25, 0.3) is 0 Å². The Morgan fingerprint density at radius 2 is 2.05 bits per heavy atom. The SMILES string of the molecule is COC(=O)C(CC(C)C)Nc1ccc(S(N)(=O)=O)cc1F. The Hall–Kier alpha value is -1.67. The Kier molecular flexibility index (Phi) is 5.68. The molecule has 0 amide bonds. The van der Waals surface area contributed by atoms with Crippen molar-refractivity contribution in [3.63, 3.8) is 0 Å². The molecule has 1 aromatic carbocycles. The molecule has 0 spiro atoms. The number of rotatable bonds is 6. The van der Waals surface area contributed by atoms with Crippen molar-refractivity contribution in [1.29, 1.82) is 0 Å².